The van der Waals surface area contributed by atoms with Crippen LogP contribution in [0.1, 0.15) is 18.4 Å². The lowest BCUT2D eigenvalue weighted by atomic mass is 10.2. The molecule has 0 saturated carbocycles. The van der Waals surface area contributed by atoms with Crippen molar-refractivity contribution in [2.45, 2.75) is 22.6 Å². The molecule has 0 atom stereocenters. The first kappa shape index (κ1) is 25.4. The molecule has 0 bridgehead atoms. The Hall–Kier alpha value is -4.22. The predicted octanol–water partition coefficient (Wildman–Crippen LogP) is 6.37. The molecule has 3 aromatic carbocycles. The smallest absolute Gasteiger partial charge is 0.283 e. The second kappa shape index (κ2) is 11.9. The Morgan fingerprint density at radius 1 is 0.974 bits per heavy atom. The third-order valence-corrected chi connectivity index (χ3v) is 6.97. The van der Waals surface area contributed by atoms with Crippen LogP contribution in [0.15, 0.2) is 87.7 Å². The zero-order valence-electron chi connectivity index (χ0n) is 20.1. The van der Waals surface area contributed by atoms with Crippen LogP contribution in [-0.4, -0.2) is 39.2 Å². The van der Waals surface area contributed by atoms with Crippen molar-refractivity contribution in [3.05, 3.63) is 93.5 Å². The monoisotopic (exact) mass is 546 g/mol. The zero-order valence-corrected chi connectivity index (χ0v) is 21.7. The molecule has 0 amide bonds. The van der Waals surface area contributed by atoms with E-state index in [-0.39, 0.29) is 11.6 Å². The molecule has 0 aliphatic carbocycles. The van der Waals surface area contributed by atoms with Gasteiger partial charge in [-0.15, -0.1) is 0 Å². The fourth-order valence-corrected chi connectivity index (χ4v) is 4.84. The van der Waals surface area contributed by atoms with E-state index in [4.69, 9.17) is 11.6 Å². The van der Waals surface area contributed by atoms with Gasteiger partial charge in [-0.25, -0.2) is 5.43 Å². The van der Waals surface area contributed by atoms with Crippen LogP contribution in [0.4, 0.5) is 29.2 Å². The number of hydrogen-bond acceptors (Lipinski definition) is 10. The number of nitrogens with one attached hydrogen (secondary N) is 2. The number of para-hydroxylation sites is 1. The van der Waals surface area contributed by atoms with E-state index in [9.17, 15) is 10.1 Å². The number of aromatic nitrogens is 3. The Morgan fingerprint density at radius 3 is 2.45 bits per heavy atom. The highest BCUT2D eigenvalue weighted by Gasteiger charge is 2.18. The molecule has 0 spiro atoms. The molecule has 4 aromatic rings. The lowest BCUT2D eigenvalue weighted by molar-refractivity contribution is -0.387. The molecule has 12 heteroatoms. The number of nitrogens with zero attached hydrogens (tertiary/aromatic N) is 6. The first-order valence-corrected chi connectivity index (χ1v) is 13.1. The van der Waals surface area contributed by atoms with Crippen LogP contribution in [0.2, 0.25) is 5.02 Å². The van der Waals surface area contributed by atoms with Crippen LogP contribution in [0.25, 0.3) is 0 Å². The van der Waals surface area contributed by atoms with E-state index >= 15 is 0 Å². The third-order valence-electron chi connectivity index (χ3n) is 5.64. The Kier molecular flexibility index (Phi) is 7.95. The normalized spacial score (nSPS) is 13.1. The van der Waals surface area contributed by atoms with Gasteiger partial charge in [0, 0.05) is 40.3 Å². The minimum atomic E-state index is -0.404. The summed E-state index contributed by atoms with van der Waals surface area (Å²) >= 11 is 7.24. The minimum Gasteiger partial charge on any atom is -0.341 e. The highest BCUT2D eigenvalue weighted by atomic mass is 35.5. The third kappa shape index (κ3) is 6.55. The van der Waals surface area contributed by atoms with Gasteiger partial charge in [-0.3, -0.25) is 10.1 Å². The topological polar surface area (TPSA) is 121 Å². The van der Waals surface area contributed by atoms with Gasteiger partial charge in [0.2, 0.25) is 17.8 Å². The number of nitro benzene ring substituents is 1. The Balaban J connectivity index is 1.34. The van der Waals surface area contributed by atoms with Gasteiger partial charge in [-0.2, -0.15) is 20.1 Å². The fourth-order valence-electron chi connectivity index (χ4n) is 3.82. The molecule has 38 heavy (non-hydrogen) atoms. The Labute approximate surface area is 228 Å². The summed E-state index contributed by atoms with van der Waals surface area (Å²) in [7, 11) is 0. The Morgan fingerprint density at radius 2 is 1.71 bits per heavy atom. The van der Waals surface area contributed by atoms with Gasteiger partial charge >= 0.3 is 0 Å². The quantitative estimate of drug-likeness (QED) is 0.140. The van der Waals surface area contributed by atoms with Gasteiger partial charge in [0.15, 0.2) is 0 Å². The highest BCUT2D eigenvalue weighted by Crippen LogP contribution is 2.35. The second-order valence-corrected chi connectivity index (χ2v) is 9.93. The number of nitro groups is 1. The summed E-state index contributed by atoms with van der Waals surface area (Å²) in [4.78, 5) is 28.3. The number of benzene rings is 3. The van der Waals surface area contributed by atoms with Gasteiger partial charge in [0.05, 0.1) is 16.0 Å². The van der Waals surface area contributed by atoms with Crippen molar-refractivity contribution in [2.24, 2.45) is 5.10 Å². The van der Waals surface area contributed by atoms with E-state index in [0.29, 0.717) is 27.4 Å². The summed E-state index contributed by atoms with van der Waals surface area (Å²) in [5.74, 6) is 1.22. The molecule has 1 saturated heterocycles. The largest absolute Gasteiger partial charge is 0.341 e. The second-order valence-electron chi connectivity index (χ2n) is 8.38. The molecule has 1 aliphatic heterocycles. The summed E-state index contributed by atoms with van der Waals surface area (Å²) in [5, 5.41) is 19.8. The molecule has 0 radical (unpaired) electrons. The number of halogens is 1. The predicted molar refractivity (Wildman–Crippen MR) is 151 cm³/mol. The molecular weight excluding hydrogens is 524 g/mol. The van der Waals surface area contributed by atoms with Crippen molar-refractivity contribution >= 4 is 58.8 Å². The number of hydrogen-bond donors (Lipinski definition) is 2. The van der Waals surface area contributed by atoms with E-state index in [1.165, 1.54) is 24.0 Å². The average molecular weight is 547 g/mol. The van der Waals surface area contributed by atoms with E-state index in [1.807, 2.05) is 42.5 Å². The van der Waals surface area contributed by atoms with Gasteiger partial charge in [-0.1, -0.05) is 47.6 Å². The Bertz CT molecular complexity index is 1450. The van der Waals surface area contributed by atoms with Crippen LogP contribution in [0.3, 0.4) is 0 Å². The first-order valence-electron chi connectivity index (χ1n) is 11.9. The van der Waals surface area contributed by atoms with Crippen LogP contribution in [0, 0.1) is 10.1 Å². The fraction of sp³-hybridized carbons (Fsp3) is 0.154. The summed E-state index contributed by atoms with van der Waals surface area (Å²) in [5.41, 5.74) is 4.24. The van der Waals surface area contributed by atoms with E-state index in [2.05, 4.69) is 35.7 Å². The molecule has 10 nitrogen and oxygen atoms in total. The maximum atomic E-state index is 11.7. The van der Waals surface area contributed by atoms with Gasteiger partial charge < -0.3 is 10.2 Å². The van der Waals surface area contributed by atoms with Gasteiger partial charge in [-0.05, 0) is 55.3 Å². The van der Waals surface area contributed by atoms with Crippen LogP contribution in [0.5, 0.6) is 0 Å². The average Bonchev–Trinajstić information content (AvgIpc) is 3.46. The standard InChI is InChI=1S/C26H23ClN8O2S/c27-19-9-11-21(12-10-19)38-23-13-8-18(16-22(23)35(36)37)17-28-33-25-30-24(29-20-6-2-1-3-7-20)31-26(32-25)34-14-4-5-15-34/h1-3,6-13,16-17H,4-5,14-15H2,(H2,29,30,31,32,33)/b28-17-. The maximum Gasteiger partial charge on any atom is 0.283 e. The summed E-state index contributed by atoms with van der Waals surface area (Å²) in [6.07, 6.45) is 3.66. The molecule has 2 N–H and O–H groups in total. The van der Waals surface area contributed by atoms with Gasteiger partial charge in [0.25, 0.3) is 5.69 Å². The number of anilines is 4. The molecule has 1 fully saturated rings. The molecular formula is C26H23ClN8O2S. The maximum absolute atomic E-state index is 11.7. The van der Waals surface area contributed by atoms with Crippen molar-refractivity contribution in [1.29, 1.82) is 0 Å². The number of hydrazone groups is 1. The lowest BCUT2D eigenvalue weighted by Gasteiger charge is -2.16. The summed E-state index contributed by atoms with van der Waals surface area (Å²) < 4.78 is 0. The van der Waals surface area contributed by atoms with Crippen molar-refractivity contribution in [3.8, 4) is 0 Å². The van der Waals surface area contributed by atoms with Crippen molar-refractivity contribution < 1.29 is 4.92 Å². The van der Waals surface area contributed by atoms with Crippen LogP contribution < -0.4 is 15.6 Å². The van der Waals surface area contributed by atoms with Crippen LogP contribution >= 0.6 is 23.4 Å². The highest BCUT2D eigenvalue weighted by molar-refractivity contribution is 7.99. The summed E-state index contributed by atoms with van der Waals surface area (Å²) in [6.45, 7) is 1.75. The van der Waals surface area contributed by atoms with E-state index < -0.39 is 4.92 Å². The van der Waals surface area contributed by atoms with Crippen molar-refractivity contribution in [3.63, 3.8) is 0 Å². The number of rotatable bonds is 9. The SMILES string of the molecule is O=[N+]([O-])c1cc(/C=N\Nc2nc(Nc3ccccc3)nc(N3CCCC3)n2)ccc1Sc1ccc(Cl)cc1. The molecule has 1 aromatic heterocycles. The van der Waals surface area contributed by atoms with Crippen molar-refractivity contribution in [2.75, 3.05) is 28.7 Å². The van der Waals surface area contributed by atoms with E-state index in [0.717, 1.165) is 36.5 Å². The van der Waals surface area contributed by atoms with Crippen molar-refractivity contribution in [1.82, 2.24) is 15.0 Å². The van der Waals surface area contributed by atoms with Crippen LogP contribution in [-0.2, 0) is 0 Å². The zero-order chi connectivity index (χ0) is 26.3. The molecule has 2 heterocycles. The molecule has 192 valence electrons. The summed E-state index contributed by atoms with van der Waals surface area (Å²) in [6, 6.07) is 21.7. The lowest BCUT2D eigenvalue weighted by Crippen LogP contribution is -2.21. The molecule has 5 rings (SSSR count). The van der Waals surface area contributed by atoms with Gasteiger partial charge in [0.1, 0.15) is 0 Å². The molecule has 0 unspecified atom stereocenters. The van der Waals surface area contributed by atoms with E-state index in [1.54, 1.807) is 24.3 Å². The minimum absolute atomic E-state index is 0.0141. The first-order chi connectivity index (χ1) is 18.5. The molecule has 1 aliphatic rings.